The van der Waals surface area contributed by atoms with Gasteiger partial charge in [-0.3, -0.25) is 4.79 Å². The minimum absolute atomic E-state index is 0.134. The van der Waals surface area contributed by atoms with Gasteiger partial charge in [-0.15, -0.1) is 0 Å². The van der Waals surface area contributed by atoms with Gasteiger partial charge in [-0.2, -0.15) is 0 Å². The number of hydrogen-bond donors (Lipinski definition) is 0. The molecular weight excluding hydrogens is 277 g/mol. The van der Waals surface area contributed by atoms with Gasteiger partial charge in [0.1, 0.15) is 5.82 Å². The van der Waals surface area contributed by atoms with Gasteiger partial charge in [-0.25, -0.2) is 4.39 Å². The molecule has 0 radical (unpaired) electrons. The van der Waals surface area contributed by atoms with Crippen LogP contribution in [0.4, 0.5) is 4.39 Å². The summed E-state index contributed by atoms with van der Waals surface area (Å²) >= 11 is 5.89. The van der Waals surface area contributed by atoms with Gasteiger partial charge in [0.15, 0.2) is 5.78 Å². The Labute approximate surface area is 120 Å². The second-order valence-electron chi connectivity index (χ2n) is 4.60. The SMILES string of the molecule is Cn1cc(C(=O)c2cccc(F)c2Cl)c2ccccc21. The molecule has 1 aromatic heterocycles. The molecule has 0 aliphatic rings. The molecule has 20 heavy (non-hydrogen) atoms. The molecule has 0 saturated heterocycles. The summed E-state index contributed by atoms with van der Waals surface area (Å²) in [6.45, 7) is 0. The van der Waals surface area contributed by atoms with E-state index in [1.54, 1.807) is 6.20 Å². The Bertz CT molecular complexity index is 822. The summed E-state index contributed by atoms with van der Waals surface area (Å²) in [7, 11) is 1.87. The lowest BCUT2D eigenvalue weighted by molar-refractivity contribution is 0.104. The monoisotopic (exact) mass is 287 g/mol. The molecule has 2 aromatic carbocycles. The van der Waals surface area contributed by atoms with Crippen molar-refractivity contribution in [1.29, 1.82) is 0 Å². The number of hydrogen-bond acceptors (Lipinski definition) is 1. The van der Waals surface area contributed by atoms with E-state index in [0.29, 0.717) is 5.56 Å². The minimum atomic E-state index is -0.585. The van der Waals surface area contributed by atoms with Crippen molar-refractivity contribution >= 4 is 28.3 Å². The Morgan fingerprint density at radius 1 is 1.10 bits per heavy atom. The van der Waals surface area contributed by atoms with Gasteiger partial charge >= 0.3 is 0 Å². The molecule has 3 rings (SSSR count). The van der Waals surface area contributed by atoms with Gasteiger partial charge < -0.3 is 4.57 Å². The van der Waals surface area contributed by atoms with E-state index in [9.17, 15) is 9.18 Å². The van der Waals surface area contributed by atoms with Crippen LogP contribution in [0.1, 0.15) is 15.9 Å². The minimum Gasteiger partial charge on any atom is -0.350 e. The third-order valence-electron chi connectivity index (χ3n) is 3.34. The fourth-order valence-electron chi connectivity index (χ4n) is 2.35. The van der Waals surface area contributed by atoms with Crippen LogP contribution >= 0.6 is 11.6 Å². The molecule has 1 heterocycles. The third kappa shape index (κ3) is 1.91. The highest BCUT2D eigenvalue weighted by Crippen LogP contribution is 2.27. The average Bonchev–Trinajstić information content (AvgIpc) is 2.79. The van der Waals surface area contributed by atoms with Gasteiger partial charge in [0, 0.05) is 35.3 Å². The van der Waals surface area contributed by atoms with Crippen LogP contribution in [-0.2, 0) is 7.05 Å². The topological polar surface area (TPSA) is 22.0 Å². The molecule has 4 heteroatoms. The number of ketones is 1. The first-order valence-electron chi connectivity index (χ1n) is 6.12. The van der Waals surface area contributed by atoms with E-state index in [-0.39, 0.29) is 16.4 Å². The van der Waals surface area contributed by atoms with Crippen molar-refractivity contribution in [3.8, 4) is 0 Å². The smallest absolute Gasteiger partial charge is 0.196 e. The summed E-state index contributed by atoms with van der Waals surface area (Å²) in [6.07, 6.45) is 1.74. The zero-order valence-corrected chi connectivity index (χ0v) is 11.5. The van der Waals surface area contributed by atoms with Gasteiger partial charge in [-0.1, -0.05) is 35.9 Å². The molecule has 0 N–H and O–H groups in total. The van der Waals surface area contributed by atoms with Crippen molar-refractivity contribution in [2.75, 3.05) is 0 Å². The number of carbonyl (C=O) groups is 1. The molecule has 0 saturated carbocycles. The number of nitrogens with zero attached hydrogens (tertiary/aromatic N) is 1. The molecule has 0 unspecified atom stereocenters. The molecule has 0 aliphatic carbocycles. The number of carbonyl (C=O) groups excluding carboxylic acids is 1. The summed E-state index contributed by atoms with van der Waals surface area (Å²) in [4.78, 5) is 12.6. The molecule has 0 spiro atoms. The summed E-state index contributed by atoms with van der Waals surface area (Å²) in [5, 5.41) is 0.700. The van der Waals surface area contributed by atoms with Crippen LogP contribution in [-0.4, -0.2) is 10.4 Å². The molecule has 0 bridgehead atoms. The maximum atomic E-state index is 13.5. The lowest BCUT2D eigenvalue weighted by Gasteiger charge is -2.03. The fraction of sp³-hybridized carbons (Fsp3) is 0.0625. The Morgan fingerprint density at radius 2 is 1.85 bits per heavy atom. The number of para-hydroxylation sites is 1. The van der Waals surface area contributed by atoms with Crippen molar-refractivity contribution in [3.05, 3.63) is 70.6 Å². The van der Waals surface area contributed by atoms with E-state index in [0.717, 1.165) is 10.9 Å². The second-order valence-corrected chi connectivity index (χ2v) is 4.98. The van der Waals surface area contributed by atoms with E-state index >= 15 is 0 Å². The van der Waals surface area contributed by atoms with Crippen LogP contribution < -0.4 is 0 Å². The lowest BCUT2D eigenvalue weighted by atomic mass is 10.0. The summed E-state index contributed by atoms with van der Waals surface area (Å²) in [5.41, 5.74) is 1.65. The predicted octanol–water partition coefficient (Wildman–Crippen LogP) is 4.20. The zero-order chi connectivity index (χ0) is 14.3. The van der Waals surface area contributed by atoms with Crippen molar-refractivity contribution in [1.82, 2.24) is 4.57 Å². The molecule has 0 amide bonds. The number of fused-ring (bicyclic) bond motifs is 1. The van der Waals surface area contributed by atoms with Crippen LogP contribution in [0, 0.1) is 5.82 Å². The van der Waals surface area contributed by atoms with E-state index in [4.69, 9.17) is 11.6 Å². The lowest BCUT2D eigenvalue weighted by Crippen LogP contribution is -2.02. The van der Waals surface area contributed by atoms with Crippen molar-refractivity contribution in [2.45, 2.75) is 0 Å². The predicted molar refractivity (Wildman–Crippen MR) is 77.8 cm³/mol. The fourth-order valence-corrected chi connectivity index (χ4v) is 2.56. The molecule has 100 valence electrons. The molecular formula is C16H11ClFNO. The number of halogens is 2. The Hall–Kier alpha value is -2.13. The summed E-state index contributed by atoms with van der Waals surface area (Å²) < 4.78 is 15.4. The van der Waals surface area contributed by atoms with Gasteiger partial charge in [-0.05, 0) is 18.2 Å². The maximum absolute atomic E-state index is 13.5. The van der Waals surface area contributed by atoms with Crippen molar-refractivity contribution in [3.63, 3.8) is 0 Å². The number of benzene rings is 2. The number of aromatic nitrogens is 1. The van der Waals surface area contributed by atoms with Gasteiger partial charge in [0.2, 0.25) is 0 Å². The number of rotatable bonds is 2. The summed E-state index contributed by atoms with van der Waals surface area (Å²) in [5.74, 6) is -0.857. The maximum Gasteiger partial charge on any atom is 0.196 e. The van der Waals surface area contributed by atoms with E-state index in [1.165, 1.54) is 18.2 Å². The second kappa shape index (κ2) is 4.76. The normalized spacial score (nSPS) is 10.9. The van der Waals surface area contributed by atoms with Crippen LogP contribution in [0.3, 0.4) is 0 Å². The van der Waals surface area contributed by atoms with Crippen LogP contribution in [0.5, 0.6) is 0 Å². The highest BCUT2D eigenvalue weighted by atomic mass is 35.5. The molecule has 3 aromatic rings. The highest BCUT2D eigenvalue weighted by Gasteiger charge is 2.19. The highest BCUT2D eigenvalue weighted by molar-refractivity contribution is 6.35. The van der Waals surface area contributed by atoms with Crippen LogP contribution in [0.2, 0.25) is 5.02 Å². The van der Waals surface area contributed by atoms with Crippen LogP contribution in [0.25, 0.3) is 10.9 Å². The largest absolute Gasteiger partial charge is 0.350 e. The first-order chi connectivity index (χ1) is 9.59. The van der Waals surface area contributed by atoms with Crippen molar-refractivity contribution in [2.24, 2.45) is 7.05 Å². The average molecular weight is 288 g/mol. The van der Waals surface area contributed by atoms with Gasteiger partial charge in [0.05, 0.1) is 5.02 Å². The third-order valence-corrected chi connectivity index (χ3v) is 3.72. The number of aryl methyl sites for hydroxylation is 1. The molecule has 2 nitrogen and oxygen atoms in total. The Morgan fingerprint density at radius 3 is 2.65 bits per heavy atom. The van der Waals surface area contributed by atoms with Crippen LogP contribution in [0.15, 0.2) is 48.7 Å². The Balaban J connectivity index is 2.21. The molecule has 0 atom stereocenters. The quantitative estimate of drug-likeness (QED) is 0.647. The van der Waals surface area contributed by atoms with Gasteiger partial charge in [0.25, 0.3) is 0 Å². The first kappa shape index (κ1) is 12.9. The molecule has 0 fully saturated rings. The van der Waals surface area contributed by atoms with E-state index in [1.807, 2.05) is 35.9 Å². The van der Waals surface area contributed by atoms with E-state index < -0.39 is 5.82 Å². The van der Waals surface area contributed by atoms with Crippen molar-refractivity contribution < 1.29 is 9.18 Å². The van der Waals surface area contributed by atoms with E-state index in [2.05, 4.69) is 0 Å². The Kier molecular flexibility index (Phi) is 3.07. The molecule has 0 aliphatic heterocycles. The standard InChI is InChI=1S/C16H11ClFNO/c1-19-9-12(10-5-2-3-8-14(10)19)16(20)11-6-4-7-13(18)15(11)17/h2-9H,1H3. The summed E-state index contributed by atoms with van der Waals surface area (Å²) in [6, 6.07) is 11.8. The first-order valence-corrected chi connectivity index (χ1v) is 6.50. The zero-order valence-electron chi connectivity index (χ0n) is 10.7.